The van der Waals surface area contributed by atoms with Crippen LogP contribution in [0.25, 0.3) is 0 Å². The molecule has 0 unspecified atom stereocenters. The number of amides is 2. The number of hydrogen-bond donors (Lipinski definition) is 1. The van der Waals surface area contributed by atoms with Crippen LogP contribution in [0.3, 0.4) is 0 Å². The molecular weight excluding hydrogens is 354 g/mol. The number of nitrogens with zero attached hydrogens (tertiary/aromatic N) is 2. The summed E-state index contributed by atoms with van der Waals surface area (Å²) in [5.41, 5.74) is 1.38. The van der Waals surface area contributed by atoms with E-state index in [9.17, 15) is 9.59 Å². The number of anilines is 2. The lowest BCUT2D eigenvalue weighted by Gasteiger charge is -2.30. The zero-order chi connectivity index (χ0) is 18.5. The molecule has 2 aromatic carbocycles. The standard InChI is InChI=1S/C19H20ClN3O3/c1-22(10-11-26-15-8-6-14(20)7-9-15)13-19(25)23-12-18(24)21-16-4-2-3-5-17(16)23/h2-9H,10-13H2,1H3,(H,21,24). The van der Waals surface area contributed by atoms with Gasteiger partial charge in [-0.1, -0.05) is 23.7 Å². The molecule has 136 valence electrons. The second-order valence-electron chi connectivity index (χ2n) is 6.09. The van der Waals surface area contributed by atoms with Gasteiger partial charge in [0.05, 0.1) is 17.9 Å². The fraction of sp³-hybridized carbons (Fsp3) is 0.263. The maximum atomic E-state index is 12.6. The van der Waals surface area contributed by atoms with Crippen LogP contribution in [0.4, 0.5) is 11.4 Å². The van der Waals surface area contributed by atoms with E-state index in [2.05, 4.69) is 5.32 Å². The van der Waals surface area contributed by atoms with Crippen molar-refractivity contribution in [1.29, 1.82) is 0 Å². The highest BCUT2D eigenvalue weighted by atomic mass is 35.5. The van der Waals surface area contributed by atoms with Gasteiger partial charge in [0.1, 0.15) is 18.9 Å². The maximum Gasteiger partial charge on any atom is 0.244 e. The van der Waals surface area contributed by atoms with Crippen LogP contribution in [-0.4, -0.2) is 50.0 Å². The minimum absolute atomic E-state index is 0.0327. The van der Waals surface area contributed by atoms with Gasteiger partial charge in [-0.2, -0.15) is 0 Å². The molecule has 26 heavy (non-hydrogen) atoms. The molecule has 7 heteroatoms. The van der Waals surface area contributed by atoms with Gasteiger partial charge in [0.2, 0.25) is 11.8 Å². The molecule has 0 atom stereocenters. The van der Waals surface area contributed by atoms with E-state index in [0.29, 0.717) is 23.9 Å². The van der Waals surface area contributed by atoms with Crippen molar-refractivity contribution in [1.82, 2.24) is 4.90 Å². The van der Waals surface area contributed by atoms with Crippen molar-refractivity contribution in [2.24, 2.45) is 0 Å². The molecule has 6 nitrogen and oxygen atoms in total. The van der Waals surface area contributed by atoms with E-state index in [0.717, 1.165) is 11.4 Å². The van der Waals surface area contributed by atoms with Gasteiger partial charge in [-0.3, -0.25) is 19.4 Å². The van der Waals surface area contributed by atoms with Crippen molar-refractivity contribution in [3.05, 3.63) is 53.6 Å². The molecule has 0 bridgehead atoms. The van der Waals surface area contributed by atoms with Crippen molar-refractivity contribution < 1.29 is 14.3 Å². The lowest BCUT2D eigenvalue weighted by Crippen LogP contribution is -2.46. The summed E-state index contributed by atoms with van der Waals surface area (Å²) in [6, 6.07) is 14.4. The van der Waals surface area contributed by atoms with E-state index in [1.165, 1.54) is 4.90 Å². The van der Waals surface area contributed by atoms with Crippen LogP contribution in [-0.2, 0) is 9.59 Å². The number of fused-ring (bicyclic) bond motifs is 1. The molecule has 0 fully saturated rings. The molecular formula is C19H20ClN3O3. The van der Waals surface area contributed by atoms with Gasteiger partial charge in [-0.25, -0.2) is 0 Å². The van der Waals surface area contributed by atoms with E-state index in [1.54, 1.807) is 30.3 Å². The zero-order valence-corrected chi connectivity index (χ0v) is 15.2. The minimum atomic E-state index is -0.189. The first kappa shape index (κ1) is 18.2. The Morgan fingerprint density at radius 2 is 1.96 bits per heavy atom. The van der Waals surface area contributed by atoms with Gasteiger partial charge < -0.3 is 10.1 Å². The van der Waals surface area contributed by atoms with Crippen LogP contribution >= 0.6 is 11.6 Å². The van der Waals surface area contributed by atoms with Gasteiger partial charge in [-0.15, -0.1) is 0 Å². The smallest absolute Gasteiger partial charge is 0.244 e. The average Bonchev–Trinajstić information content (AvgIpc) is 2.62. The van der Waals surface area contributed by atoms with Crippen molar-refractivity contribution in [3.8, 4) is 5.75 Å². The Kier molecular flexibility index (Phi) is 5.75. The first-order valence-corrected chi connectivity index (χ1v) is 8.67. The summed E-state index contributed by atoms with van der Waals surface area (Å²) >= 11 is 5.84. The number of ether oxygens (including phenoxy) is 1. The second-order valence-corrected chi connectivity index (χ2v) is 6.52. The third kappa shape index (κ3) is 4.53. The van der Waals surface area contributed by atoms with Crippen LogP contribution in [0, 0.1) is 0 Å². The van der Waals surface area contributed by atoms with Crippen LogP contribution in [0.15, 0.2) is 48.5 Å². The summed E-state index contributed by atoms with van der Waals surface area (Å²) in [7, 11) is 1.85. The van der Waals surface area contributed by atoms with E-state index in [1.807, 2.05) is 30.1 Å². The summed E-state index contributed by atoms with van der Waals surface area (Å²) in [5.74, 6) is 0.419. The van der Waals surface area contributed by atoms with Crippen molar-refractivity contribution in [2.75, 3.05) is 43.5 Å². The molecule has 3 rings (SSSR count). The Hall–Kier alpha value is -2.57. The highest BCUT2D eigenvalue weighted by Crippen LogP contribution is 2.28. The van der Waals surface area contributed by atoms with Crippen molar-refractivity contribution in [2.45, 2.75) is 0 Å². The fourth-order valence-corrected chi connectivity index (χ4v) is 2.83. The SMILES string of the molecule is CN(CCOc1ccc(Cl)cc1)CC(=O)N1CC(=O)Nc2ccccc21. The molecule has 1 aliphatic rings. The van der Waals surface area contributed by atoms with Crippen LogP contribution in [0.5, 0.6) is 5.75 Å². The van der Waals surface area contributed by atoms with E-state index in [4.69, 9.17) is 16.3 Å². The summed E-state index contributed by atoms with van der Waals surface area (Å²) in [6.45, 7) is 1.26. The second kappa shape index (κ2) is 8.21. The summed E-state index contributed by atoms with van der Waals surface area (Å²) < 4.78 is 5.64. The zero-order valence-electron chi connectivity index (χ0n) is 14.4. The number of hydrogen-bond acceptors (Lipinski definition) is 4. The molecule has 0 aliphatic carbocycles. The van der Waals surface area contributed by atoms with Gasteiger partial charge in [0.15, 0.2) is 0 Å². The monoisotopic (exact) mass is 373 g/mol. The summed E-state index contributed by atoms with van der Waals surface area (Å²) in [6.07, 6.45) is 0. The maximum absolute atomic E-state index is 12.6. The van der Waals surface area contributed by atoms with Crippen LogP contribution < -0.4 is 15.0 Å². The normalized spacial score (nSPS) is 13.3. The largest absolute Gasteiger partial charge is 0.492 e. The number of nitrogens with one attached hydrogen (secondary N) is 1. The molecule has 0 saturated carbocycles. The third-order valence-corrected chi connectivity index (χ3v) is 4.28. The van der Waals surface area contributed by atoms with Gasteiger partial charge in [0.25, 0.3) is 0 Å². The molecule has 0 aromatic heterocycles. The molecule has 2 amide bonds. The Balaban J connectivity index is 1.53. The molecule has 0 saturated heterocycles. The number of carbonyl (C=O) groups is 2. The lowest BCUT2D eigenvalue weighted by atomic mass is 10.2. The Bertz CT molecular complexity index is 795. The minimum Gasteiger partial charge on any atom is -0.492 e. The molecule has 2 aromatic rings. The lowest BCUT2D eigenvalue weighted by molar-refractivity contribution is -0.122. The number of halogens is 1. The highest BCUT2D eigenvalue weighted by molar-refractivity contribution is 6.30. The van der Waals surface area contributed by atoms with Crippen molar-refractivity contribution in [3.63, 3.8) is 0 Å². The highest BCUT2D eigenvalue weighted by Gasteiger charge is 2.26. The van der Waals surface area contributed by atoms with Crippen molar-refractivity contribution >= 4 is 34.8 Å². The Morgan fingerprint density at radius 3 is 2.73 bits per heavy atom. The number of rotatable bonds is 6. The fourth-order valence-electron chi connectivity index (χ4n) is 2.70. The third-order valence-electron chi connectivity index (χ3n) is 4.03. The average molecular weight is 374 g/mol. The Labute approximate surface area is 157 Å². The number of likely N-dealkylation sites (N-methyl/N-ethyl adjacent to an activating group) is 1. The quantitative estimate of drug-likeness (QED) is 0.845. The molecule has 0 spiro atoms. The topological polar surface area (TPSA) is 61.9 Å². The van der Waals surface area contributed by atoms with Crippen LogP contribution in [0.1, 0.15) is 0 Å². The molecule has 1 aliphatic heterocycles. The van der Waals surface area contributed by atoms with Crippen LogP contribution in [0.2, 0.25) is 5.02 Å². The number of benzene rings is 2. The predicted octanol–water partition coefficient (Wildman–Crippen LogP) is 2.64. The number of para-hydroxylation sites is 2. The first-order chi connectivity index (χ1) is 12.5. The summed E-state index contributed by atoms with van der Waals surface area (Å²) in [5, 5.41) is 3.44. The Morgan fingerprint density at radius 1 is 1.23 bits per heavy atom. The van der Waals surface area contributed by atoms with E-state index >= 15 is 0 Å². The predicted molar refractivity (Wildman–Crippen MR) is 102 cm³/mol. The van der Waals surface area contributed by atoms with E-state index < -0.39 is 0 Å². The molecule has 1 N–H and O–H groups in total. The van der Waals surface area contributed by atoms with Gasteiger partial charge in [-0.05, 0) is 43.4 Å². The van der Waals surface area contributed by atoms with E-state index in [-0.39, 0.29) is 24.9 Å². The van der Waals surface area contributed by atoms with Gasteiger partial charge in [0, 0.05) is 11.6 Å². The number of carbonyl (C=O) groups excluding carboxylic acids is 2. The molecule has 1 heterocycles. The van der Waals surface area contributed by atoms with Gasteiger partial charge >= 0.3 is 0 Å². The first-order valence-electron chi connectivity index (χ1n) is 8.29. The summed E-state index contributed by atoms with van der Waals surface area (Å²) in [4.78, 5) is 27.9. The molecule has 0 radical (unpaired) electrons.